The van der Waals surface area contributed by atoms with E-state index in [4.69, 9.17) is 14.2 Å². The topological polar surface area (TPSA) is 90.9 Å². The van der Waals surface area contributed by atoms with Crippen LogP contribution in [0.3, 0.4) is 0 Å². The molecule has 0 fully saturated rings. The van der Waals surface area contributed by atoms with Crippen molar-refractivity contribution in [3.63, 3.8) is 0 Å². The Morgan fingerprint density at radius 3 is 2.65 bits per heavy atom. The third-order valence-electron chi connectivity index (χ3n) is 3.32. The molecule has 0 saturated heterocycles. The summed E-state index contributed by atoms with van der Waals surface area (Å²) < 4.78 is 15.6. The van der Waals surface area contributed by atoms with Crippen molar-refractivity contribution in [2.24, 2.45) is 0 Å². The first-order chi connectivity index (χ1) is 12.5. The number of carbonyl (C=O) groups excluding carboxylic acids is 3. The van der Waals surface area contributed by atoms with Gasteiger partial charge in [0.2, 0.25) is 0 Å². The number of aryl methyl sites for hydroxylation is 1. The summed E-state index contributed by atoms with van der Waals surface area (Å²) in [7, 11) is 1.45. The highest BCUT2D eigenvalue weighted by Crippen LogP contribution is 2.29. The molecule has 26 heavy (non-hydrogen) atoms. The Balaban J connectivity index is 1.98. The lowest BCUT2D eigenvalue weighted by atomic mass is 10.2. The molecule has 0 bridgehead atoms. The van der Waals surface area contributed by atoms with Gasteiger partial charge >= 0.3 is 5.97 Å². The van der Waals surface area contributed by atoms with E-state index in [0.29, 0.717) is 33.2 Å². The third-order valence-corrected chi connectivity index (χ3v) is 4.46. The number of hydrogen-bond acceptors (Lipinski definition) is 7. The van der Waals surface area contributed by atoms with Crippen molar-refractivity contribution in [1.29, 1.82) is 0 Å². The van der Waals surface area contributed by atoms with E-state index in [2.05, 4.69) is 5.32 Å². The predicted molar refractivity (Wildman–Crippen MR) is 97.5 cm³/mol. The molecule has 0 aliphatic rings. The number of rotatable bonds is 8. The Morgan fingerprint density at radius 2 is 2.00 bits per heavy atom. The zero-order valence-electron chi connectivity index (χ0n) is 14.7. The van der Waals surface area contributed by atoms with Crippen LogP contribution >= 0.6 is 11.3 Å². The second-order valence-corrected chi connectivity index (χ2v) is 6.26. The fraction of sp³-hybridized carbons (Fsp3) is 0.278. The van der Waals surface area contributed by atoms with E-state index < -0.39 is 5.97 Å². The van der Waals surface area contributed by atoms with Crippen molar-refractivity contribution in [2.75, 3.05) is 25.6 Å². The highest BCUT2D eigenvalue weighted by atomic mass is 32.1. The lowest BCUT2D eigenvalue weighted by Gasteiger charge is -2.10. The zero-order valence-corrected chi connectivity index (χ0v) is 15.5. The molecule has 1 aromatic carbocycles. The summed E-state index contributed by atoms with van der Waals surface area (Å²) in [5.74, 6) is -0.0864. The molecule has 2 aromatic rings. The number of esters is 1. The standard InChI is InChI=1S/C18H19NO6S/c1-4-24-18(22)17-11(2)7-16(26-17)19-15(21)10-25-13-6-5-12(9-20)8-14(13)23-3/h5-9H,4,10H2,1-3H3,(H,19,21). The van der Waals surface area contributed by atoms with Gasteiger partial charge in [-0.05, 0) is 43.7 Å². The molecule has 0 radical (unpaired) electrons. The van der Waals surface area contributed by atoms with E-state index in [0.717, 1.165) is 16.9 Å². The van der Waals surface area contributed by atoms with Gasteiger partial charge in [0, 0.05) is 5.56 Å². The Labute approximate surface area is 154 Å². The number of anilines is 1. The molecule has 0 unspecified atom stereocenters. The number of methoxy groups -OCH3 is 1. The maximum atomic E-state index is 12.1. The van der Waals surface area contributed by atoms with Gasteiger partial charge in [0.05, 0.1) is 18.7 Å². The highest BCUT2D eigenvalue weighted by Gasteiger charge is 2.16. The number of nitrogens with one attached hydrogen (secondary N) is 1. The number of aldehydes is 1. The molecule has 0 aliphatic carbocycles. The average Bonchev–Trinajstić information content (AvgIpc) is 3.00. The van der Waals surface area contributed by atoms with Crippen LogP contribution in [0.25, 0.3) is 0 Å². The summed E-state index contributed by atoms with van der Waals surface area (Å²) in [6, 6.07) is 6.35. The van der Waals surface area contributed by atoms with Gasteiger partial charge in [0.15, 0.2) is 18.1 Å². The predicted octanol–water partition coefficient (Wildman–Crippen LogP) is 3.07. The van der Waals surface area contributed by atoms with Gasteiger partial charge < -0.3 is 19.5 Å². The molecule has 1 aromatic heterocycles. The van der Waals surface area contributed by atoms with Gasteiger partial charge in [-0.25, -0.2) is 4.79 Å². The van der Waals surface area contributed by atoms with E-state index in [-0.39, 0.29) is 19.1 Å². The monoisotopic (exact) mass is 377 g/mol. The Morgan fingerprint density at radius 1 is 1.23 bits per heavy atom. The number of hydrogen-bond donors (Lipinski definition) is 1. The molecule has 1 heterocycles. The molecule has 1 N–H and O–H groups in total. The summed E-state index contributed by atoms with van der Waals surface area (Å²) in [6.07, 6.45) is 0.694. The van der Waals surface area contributed by atoms with E-state index in [9.17, 15) is 14.4 Å². The van der Waals surface area contributed by atoms with Gasteiger partial charge in [-0.15, -0.1) is 11.3 Å². The molecule has 0 saturated carbocycles. The second kappa shape index (κ2) is 9.00. The van der Waals surface area contributed by atoms with Gasteiger partial charge in [-0.1, -0.05) is 0 Å². The second-order valence-electron chi connectivity index (χ2n) is 5.21. The summed E-state index contributed by atoms with van der Waals surface area (Å²) in [6.45, 7) is 3.55. The minimum Gasteiger partial charge on any atom is -0.493 e. The summed E-state index contributed by atoms with van der Waals surface area (Å²) in [5.41, 5.74) is 1.18. The van der Waals surface area contributed by atoms with E-state index >= 15 is 0 Å². The molecule has 1 amide bonds. The van der Waals surface area contributed by atoms with Crippen LogP contribution in [0.15, 0.2) is 24.3 Å². The maximum absolute atomic E-state index is 12.1. The largest absolute Gasteiger partial charge is 0.493 e. The molecule has 0 atom stereocenters. The van der Waals surface area contributed by atoms with Crippen molar-refractivity contribution >= 4 is 34.5 Å². The molecule has 8 heteroatoms. The smallest absolute Gasteiger partial charge is 0.348 e. The van der Waals surface area contributed by atoms with E-state index in [1.165, 1.54) is 13.2 Å². The maximum Gasteiger partial charge on any atom is 0.348 e. The van der Waals surface area contributed by atoms with Crippen molar-refractivity contribution in [2.45, 2.75) is 13.8 Å². The van der Waals surface area contributed by atoms with Crippen molar-refractivity contribution in [1.82, 2.24) is 0 Å². The van der Waals surface area contributed by atoms with Gasteiger partial charge in [0.1, 0.15) is 11.2 Å². The quantitative estimate of drug-likeness (QED) is 0.562. The van der Waals surface area contributed by atoms with Crippen LogP contribution in [0.2, 0.25) is 0 Å². The summed E-state index contributed by atoms with van der Waals surface area (Å²) in [4.78, 5) is 35.1. The van der Waals surface area contributed by atoms with Gasteiger partial charge in [-0.3, -0.25) is 9.59 Å². The average molecular weight is 377 g/mol. The van der Waals surface area contributed by atoms with Crippen LogP contribution in [0, 0.1) is 6.92 Å². The number of benzene rings is 1. The first kappa shape index (κ1) is 19.5. The SMILES string of the molecule is CCOC(=O)c1sc(NC(=O)COc2ccc(C=O)cc2OC)cc1C. The van der Waals surface area contributed by atoms with Crippen LogP contribution < -0.4 is 14.8 Å². The van der Waals surface area contributed by atoms with Crippen molar-refractivity contribution in [3.05, 3.63) is 40.3 Å². The molecular weight excluding hydrogens is 358 g/mol. The van der Waals surface area contributed by atoms with E-state index in [1.54, 1.807) is 32.0 Å². The van der Waals surface area contributed by atoms with Crippen LogP contribution in [-0.4, -0.2) is 38.5 Å². The zero-order chi connectivity index (χ0) is 19.1. The highest BCUT2D eigenvalue weighted by molar-refractivity contribution is 7.18. The van der Waals surface area contributed by atoms with Crippen LogP contribution in [-0.2, 0) is 9.53 Å². The normalized spacial score (nSPS) is 10.1. The molecular formula is C18H19NO6S. The fourth-order valence-corrected chi connectivity index (χ4v) is 3.12. The number of ether oxygens (including phenoxy) is 3. The minimum absolute atomic E-state index is 0.248. The minimum atomic E-state index is -0.410. The fourth-order valence-electron chi connectivity index (χ4n) is 2.14. The van der Waals surface area contributed by atoms with E-state index in [1.807, 2.05) is 0 Å². The number of amides is 1. The number of carbonyl (C=O) groups is 3. The van der Waals surface area contributed by atoms with Gasteiger partial charge in [-0.2, -0.15) is 0 Å². The lowest BCUT2D eigenvalue weighted by Crippen LogP contribution is -2.19. The Hall–Kier alpha value is -2.87. The summed E-state index contributed by atoms with van der Waals surface area (Å²) in [5, 5.41) is 3.21. The lowest BCUT2D eigenvalue weighted by molar-refractivity contribution is -0.118. The van der Waals surface area contributed by atoms with Gasteiger partial charge in [0.25, 0.3) is 5.91 Å². The molecule has 7 nitrogen and oxygen atoms in total. The van der Waals surface area contributed by atoms with Crippen LogP contribution in [0.5, 0.6) is 11.5 Å². The molecule has 0 aliphatic heterocycles. The van der Waals surface area contributed by atoms with Crippen molar-refractivity contribution in [3.8, 4) is 11.5 Å². The van der Waals surface area contributed by atoms with Crippen LogP contribution in [0.4, 0.5) is 5.00 Å². The third kappa shape index (κ3) is 4.82. The first-order valence-corrected chi connectivity index (χ1v) is 8.63. The summed E-state index contributed by atoms with van der Waals surface area (Å²) >= 11 is 1.14. The Kier molecular flexibility index (Phi) is 6.74. The number of thiophene rings is 1. The Bertz CT molecular complexity index is 814. The molecule has 138 valence electrons. The van der Waals surface area contributed by atoms with Crippen molar-refractivity contribution < 1.29 is 28.6 Å². The molecule has 2 rings (SSSR count). The van der Waals surface area contributed by atoms with Crippen LogP contribution in [0.1, 0.15) is 32.5 Å². The first-order valence-electron chi connectivity index (χ1n) is 7.81. The molecule has 0 spiro atoms.